The molecule has 0 bridgehead atoms. The molecule has 3 rings (SSSR count). The average Bonchev–Trinajstić information content (AvgIpc) is 3.13. The number of hydrogen-bond donors (Lipinski definition) is 0. The molecule has 0 saturated carbocycles. The van der Waals surface area contributed by atoms with Gasteiger partial charge in [-0.3, -0.25) is 0 Å². The molecule has 0 fully saturated rings. The first-order valence-electron chi connectivity index (χ1n) is 9.73. The highest BCUT2D eigenvalue weighted by Crippen LogP contribution is 2.31. The van der Waals surface area contributed by atoms with Gasteiger partial charge in [0, 0.05) is 11.6 Å². The predicted molar refractivity (Wildman–Crippen MR) is 114 cm³/mol. The Labute approximate surface area is 175 Å². The monoisotopic (exact) mass is 411 g/mol. The maximum Gasteiger partial charge on any atom is 0.363 e. The van der Waals surface area contributed by atoms with Crippen molar-refractivity contribution in [1.82, 2.24) is 0 Å². The number of carbonyl (C=O) groups excluding carboxylic acids is 1. The fourth-order valence-electron chi connectivity index (χ4n) is 2.84. The molecule has 0 spiro atoms. The standard InChI is InChI=1S/C23H25NO6/c1-5-9-29-20-8-7-15(11-21(20)28-6-2)10-19-23(25)30-22(24-19)16-12-17(26-3)14-18(13-16)27-4/h7-8,10-14H,5-6,9H2,1-4H3. The molecule has 7 nitrogen and oxygen atoms in total. The van der Waals surface area contributed by atoms with Gasteiger partial charge in [-0.25, -0.2) is 9.79 Å². The smallest absolute Gasteiger partial charge is 0.363 e. The van der Waals surface area contributed by atoms with Gasteiger partial charge in [-0.1, -0.05) is 13.0 Å². The molecule has 0 aliphatic carbocycles. The van der Waals surface area contributed by atoms with Crippen LogP contribution in [0.2, 0.25) is 0 Å². The van der Waals surface area contributed by atoms with Crippen LogP contribution >= 0.6 is 0 Å². The lowest BCUT2D eigenvalue weighted by atomic mass is 10.1. The molecule has 1 heterocycles. The summed E-state index contributed by atoms with van der Waals surface area (Å²) < 4.78 is 27.3. The van der Waals surface area contributed by atoms with Gasteiger partial charge in [0.1, 0.15) is 11.5 Å². The summed E-state index contributed by atoms with van der Waals surface area (Å²) in [6.45, 7) is 5.05. The molecule has 1 aliphatic rings. The minimum Gasteiger partial charge on any atom is -0.497 e. The number of rotatable bonds is 9. The van der Waals surface area contributed by atoms with E-state index >= 15 is 0 Å². The van der Waals surface area contributed by atoms with E-state index in [2.05, 4.69) is 4.99 Å². The van der Waals surface area contributed by atoms with E-state index in [-0.39, 0.29) is 11.6 Å². The first kappa shape index (κ1) is 21.2. The number of methoxy groups -OCH3 is 2. The number of aliphatic imine (C=N–C) groups is 1. The predicted octanol–water partition coefficient (Wildman–Crippen LogP) is 4.24. The van der Waals surface area contributed by atoms with Gasteiger partial charge in [-0.15, -0.1) is 0 Å². The maximum absolute atomic E-state index is 12.4. The third kappa shape index (κ3) is 4.92. The molecule has 7 heteroatoms. The van der Waals surface area contributed by atoms with Gasteiger partial charge in [0.2, 0.25) is 5.90 Å². The highest BCUT2D eigenvalue weighted by Gasteiger charge is 2.25. The van der Waals surface area contributed by atoms with Crippen molar-refractivity contribution in [2.75, 3.05) is 27.4 Å². The number of cyclic esters (lactones) is 1. The number of ether oxygens (including phenoxy) is 5. The van der Waals surface area contributed by atoms with Crippen LogP contribution in [-0.4, -0.2) is 39.3 Å². The third-order valence-electron chi connectivity index (χ3n) is 4.25. The Bertz CT molecular complexity index is 957. The molecule has 0 atom stereocenters. The van der Waals surface area contributed by atoms with Crippen LogP contribution in [0, 0.1) is 0 Å². The van der Waals surface area contributed by atoms with Gasteiger partial charge in [0.25, 0.3) is 0 Å². The van der Waals surface area contributed by atoms with Gasteiger partial charge in [0.05, 0.1) is 27.4 Å². The van der Waals surface area contributed by atoms with Crippen LogP contribution in [0.1, 0.15) is 31.4 Å². The molecule has 0 amide bonds. The number of esters is 1. The van der Waals surface area contributed by atoms with Gasteiger partial charge in [-0.2, -0.15) is 0 Å². The van der Waals surface area contributed by atoms with E-state index < -0.39 is 5.97 Å². The second-order valence-corrected chi connectivity index (χ2v) is 6.43. The molecular weight excluding hydrogens is 386 g/mol. The van der Waals surface area contributed by atoms with Crippen molar-refractivity contribution in [2.45, 2.75) is 20.3 Å². The molecule has 2 aromatic carbocycles. The minimum absolute atomic E-state index is 0.191. The average molecular weight is 411 g/mol. The summed E-state index contributed by atoms with van der Waals surface area (Å²) >= 11 is 0. The van der Waals surface area contributed by atoms with E-state index in [9.17, 15) is 4.79 Å². The number of hydrogen-bond acceptors (Lipinski definition) is 7. The highest BCUT2D eigenvalue weighted by molar-refractivity contribution is 6.13. The molecule has 1 aliphatic heterocycles. The summed E-state index contributed by atoms with van der Waals surface area (Å²) in [7, 11) is 3.10. The topological polar surface area (TPSA) is 75.6 Å². The van der Waals surface area contributed by atoms with Crippen molar-refractivity contribution in [3.8, 4) is 23.0 Å². The maximum atomic E-state index is 12.4. The summed E-state index contributed by atoms with van der Waals surface area (Å²) in [6, 6.07) is 10.7. The molecule has 0 saturated heterocycles. The van der Waals surface area contributed by atoms with Crippen LogP contribution in [0.5, 0.6) is 23.0 Å². The van der Waals surface area contributed by atoms with E-state index in [1.54, 1.807) is 38.5 Å². The van der Waals surface area contributed by atoms with Crippen LogP contribution in [0.15, 0.2) is 47.1 Å². The zero-order chi connectivity index (χ0) is 21.5. The number of carbonyl (C=O) groups is 1. The molecule has 0 radical (unpaired) electrons. The highest BCUT2D eigenvalue weighted by atomic mass is 16.6. The van der Waals surface area contributed by atoms with E-state index in [1.165, 1.54) is 0 Å². The summed E-state index contributed by atoms with van der Waals surface area (Å²) in [5, 5.41) is 0. The normalized spacial score (nSPS) is 14.3. The summed E-state index contributed by atoms with van der Waals surface area (Å²) in [6.07, 6.45) is 2.55. The quantitative estimate of drug-likeness (QED) is 0.454. The van der Waals surface area contributed by atoms with Gasteiger partial charge >= 0.3 is 5.97 Å². The molecular formula is C23H25NO6. The summed E-state index contributed by atoms with van der Waals surface area (Å²) in [5.41, 5.74) is 1.53. The Morgan fingerprint density at radius 1 is 0.967 bits per heavy atom. The minimum atomic E-state index is -0.531. The van der Waals surface area contributed by atoms with Crippen molar-refractivity contribution >= 4 is 17.9 Å². The van der Waals surface area contributed by atoms with Crippen molar-refractivity contribution in [1.29, 1.82) is 0 Å². The van der Waals surface area contributed by atoms with Gasteiger partial charge < -0.3 is 23.7 Å². The number of nitrogens with zero attached hydrogens (tertiary/aromatic N) is 1. The van der Waals surface area contributed by atoms with Crippen LogP contribution in [0.3, 0.4) is 0 Å². The largest absolute Gasteiger partial charge is 0.497 e. The van der Waals surface area contributed by atoms with Crippen molar-refractivity contribution in [2.24, 2.45) is 4.99 Å². The van der Waals surface area contributed by atoms with Crippen molar-refractivity contribution < 1.29 is 28.5 Å². The zero-order valence-corrected chi connectivity index (χ0v) is 17.6. The molecule has 158 valence electrons. The Morgan fingerprint density at radius 2 is 1.70 bits per heavy atom. The van der Waals surface area contributed by atoms with E-state index in [4.69, 9.17) is 23.7 Å². The first-order chi connectivity index (χ1) is 14.6. The zero-order valence-electron chi connectivity index (χ0n) is 17.6. The van der Waals surface area contributed by atoms with Gasteiger partial charge in [0.15, 0.2) is 17.2 Å². The Kier molecular flexibility index (Phi) is 6.95. The summed E-state index contributed by atoms with van der Waals surface area (Å²) in [4.78, 5) is 16.7. The lowest BCUT2D eigenvalue weighted by molar-refractivity contribution is -0.129. The molecule has 2 aromatic rings. The van der Waals surface area contributed by atoms with Crippen LogP contribution < -0.4 is 18.9 Å². The van der Waals surface area contributed by atoms with Crippen LogP contribution in [0.25, 0.3) is 6.08 Å². The lowest BCUT2D eigenvalue weighted by Gasteiger charge is -2.12. The Hall–Kier alpha value is -3.48. The second-order valence-electron chi connectivity index (χ2n) is 6.43. The molecule has 0 N–H and O–H groups in total. The van der Waals surface area contributed by atoms with Crippen molar-refractivity contribution in [3.63, 3.8) is 0 Å². The Balaban J connectivity index is 1.91. The van der Waals surface area contributed by atoms with Crippen LogP contribution in [0.4, 0.5) is 0 Å². The molecule has 30 heavy (non-hydrogen) atoms. The second kappa shape index (κ2) is 9.82. The van der Waals surface area contributed by atoms with E-state index in [0.29, 0.717) is 41.8 Å². The SMILES string of the molecule is CCCOc1ccc(C=C2N=C(c3cc(OC)cc(OC)c3)OC2=O)cc1OCC. The van der Waals surface area contributed by atoms with E-state index in [0.717, 1.165) is 12.0 Å². The fraction of sp³-hybridized carbons (Fsp3) is 0.304. The lowest BCUT2D eigenvalue weighted by Crippen LogP contribution is -2.06. The van der Waals surface area contributed by atoms with Crippen LogP contribution in [-0.2, 0) is 9.53 Å². The van der Waals surface area contributed by atoms with Gasteiger partial charge in [-0.05, 0) is 49.2 Å². The Morgan fingerprint density at radius 3 is 2.33 bits per heavy atom. The number of benzene rings is 2. The first-order valence-corrected chi connectivity index (χ1v) is 9.73. The third-order valence-corrected chi connectivity index (χ3v) is 4.25. The molecule has 0 unspecified atom stereocenters. The molecule has 0 aromatic heterocycles. The fourth-order valence-corrected chi connectivity index (χ4v) is 2.84. The van der Waals surface area contributed by atoms with E-state index in [1.807, 2.05) is 32.0 Å². The van der Waals surface area contributed by atoms with Crippen molar-refractivity contribution in [3.05, 3.63) is 53.2 Å². The summed E-state index contributed by atoms with van der Waals surface area (Å²) in [5.74, 6) is 2.09.